The summed E-state index contributed by atoms with van der Waals surface area (Å²) >= 11 is 0. The van der Waals surface area contributed by atoms with Crippen LogP contribution in [0.25, 0.3) is 0 Å². The molecule has 0 aliphatic carbocycles. The zero-order valence-corrected chi connectivity index (χ0v) is 36.7. The Balaban J connectivity index is -0.00000000185. The molecule has 0 aromatic heterocycles. The molecule has 97 heavy (non-hydrogen) atoms. The molecular formula is C58H194O39. The van der Waals surface area contributed by atoms with Crippen LogP contribution in [-0.2, 0) is 95.0 Å². The van der Waals surface area contributed by atoms with Gasteiger partial charge in [-0.25, -0.2) is 0 Å². The molecular weight excluding hydrogens is 1320 g/mol. The molecule has 0 atom stereocenters. The molecule has 660 valence electrons. The second-order valence-electron chi connectivity index (χ2n) is 2.03. The Kier molecular flexibility index (Phi) is 309000. The monoisotopic (exact) mass is 1520 g/mol. The molecule has 0 unspecified atom stereocenters. The SMILES string of the molecule is C.C.C.C.C.C.C.C.C.C.C.C.C.C.C.C.C.C.C.C.C.C.C.C.C.C.C.C.C.C.CC#CC.CCO.CCO.CCO.CO.CO.CO.CO.CO.O.O.O.O.O.O.O.O.O.O=C=O.O=C=O.O=C=O.O=C=O.O=C=O.O=C=O.O=C=O.O=O.[C-]#[O+].[C-]#[O+].[C-]#[O+].[C-]#[O+].[C-]#[O+].[C-]#[O+].[HH].[HH].[HH].[HH].[HH].[HH]. The predicted octanol–water partition coefficient (Wildman–Crippen LogP) is 7.96. The van der Waals surface area contributed by atoms with Gasteiger partial charge in [-0.1, -0.05) is 223 Å². The first-order valence-corrected chi connectivity index (χ1v) is 10.8. The fraction of sp³-hybridized carbons (Fsp3) is 0.741. The fourth-order valence-corrected chi connectivity index (χ4v) is 0. The Morgan fingerprint density at radius 2 is 0.216 bits per heavy atom. The molecule has 0 saturated carbocycles. The normalized spacial score (nSPS) is 1.75. The molecule has 39 heteroatoms. The van der Waals surface area contributed by atoms with E-state index < -0.39 is 0 Å². The van der Waals surface area contributed by atoms with Gasteiger partial charge in [0.15, 0.2) is 0 Å². The average molecular weight is 1520 g/mol. The molecule has 39 nitrogen and oxygen atoms in total. The smallest absolute Gasteiger partial charge is 0 e. The van der Waals surface area contributed by atoms with Gasteiger partial charge in [-0.2, -0.15) is 67.1 Å². The van der Waals surface area contributed by atoms with Gasteiger partial charge in [0.25, 0.3) is 0 Å². The Morgan fingerprint density at radius 1 is 0.206 bits per heavy atom. The van der Waals surface area contributed by atoms with Gasteiger partial charge in [0.05, 0.1) is 0 Å². The summed E-state index contributed by atoms with van der Waals surface area (Å²) in [5, 5.41) is 57.7. The topological polar surface area (TPSA) is 838 Å². The fourth-order valence-electron chi connectivity index (χ4n) is 0. The number of aliphatic hydroxyl groups excluding tert-OH is 8. The first kappa shape index (κ1) is 924. The van der Waals surface area contributed by atoms with E-state index in [2.05, 4.69) is 51.7 Å². The molecule has 0 spiro atoms. The van der Waals surface area contributed by atoms with Gasteiger partial charge in [0, 0.05) is 73.9 Å². The van der Waals surface area contributed by atoms with E-state index in [-0.39, 0.29) is 344 Å². The standard InChI is InChI=1S/C4H6.3C2H6O.7CO2.5CH4O.6CO.30CH4.O2.9H2O.6H2/c1-3-4-2;3*1-2-3;7*2-1-3;11*1-2;;;;;;;;;;;;;;;;;;;;;;;;;;;;;;;1-2;;;;;;;;;;;;;;;/h1-2H3;3*3H,2H2,1H3;;;;;;;;5*2H,1H3;;;;;;;30*1H4;;9*1H2;6*1H. The van der Waals surface area contributed by atoms with Gasteiger partial charge in [-0.15, -0.1) is 11.8 Å². The second-order valence-corrected chi connectivity index (χ2v) is 2.03. The third-order valence-corrected chi connectivity index (χ3v) is 0.250. The van der Waals surface area contributed by atoms with Crippen LogP contribution in [0.5, 0.6) is 0 Å². The van der Waals surface area contributed by atoms with Crippen LogP contribution in [0.2, 0.25) is 0 Å². The van der Waals surface area contributed by atoms with Crippen molar-refractivity contribution >= 4 is 43.1 Å². The molecule has 0 amide bonds. The number of rotatable bonds is 0. The van der Waals surface area contributed by atoms with Crippen molar-refractivity contribution in [2.75, 3.05) is 55.4 Å². The third-order valence-electron chi connectivity index (χ3n) is 0.250. The number of carbonyl (C=O) groups excluding carboxylic acids is 14. The molecule has 0 aromatic carbocycles. The summed E-state index contributed by atoms with van der Waals surface area (Å²) in [7, 11) is 5.00. The van der Waals surface area contributed by atoms with Crippen molar-refractivity contribution in [2.24, 2.45) is 0 Å². The Morgan fingerprint density at radius 3 is 0.216 bits per heavy atom. The van der Waals surface area contributed by atoms with E-state index in [1.807, 2.05) is 13.8 Å². The summed E-state index contributed by atoms with van der Waals surface area (Å²) in [6, 6.07) is 0. The van der Waals surface area contributed by atoms with Crippen molar-refractivity contribution in [1.82, 2.24) is 0 Å². The molecule has 0 aliphatic rings. The number of hydrogen-bond donors (Lipinski definition) is 8. The second kappa shape index (κ2) is 32400. The summed E-state index contributed by atoms with van der Waals surface area (Å²) in [5.41, 5.74) is 0. The summed E-state index contributed by atoms with van der Waals surface area (Å²) in [5.74, 6) is 5.36. The average Bonchev–Trinajstić information content (AvgIpc) is 3.29. The van der Waals surface area contributed by atoms with E-state index in [1.54, 1.807) is 20.8 Å². The van der Waals surface area contributed by atoms with Crippen molar-refractivity contribution in [3.8, 4) is 11.8 Å². The van der Waals surface area contributed by atoms with E-state index in [0.717, 1.165) is 35.5 Å². The van der Waals surface area contributed by atoms with Crippen LogP contribution in [0.15, 0.2) is 0 Å². The van der Waals surface area contributed by atoms with Crippen molar-refractivity contribution in [3.05, 3.63) is 49.8 Å². The van der Waals surface area contributed by atoms with Crippen molar-refractivity contribution in [1.29, 1.82) is 0 Å². The van der Waals surface area contributed by atoms with E-state index >= 15 is 0 Å². The minimum atomic E-state index is 0. The van der Waals surface area contributed by atoms with Gasteiger partial charge >= 0.3 is 111 Å². The van der Waals surface area contributed by atoms with Crippen molar-refractivity contribution in [3.63, 3.8) is 0 Å². The minimum Gasteiger partial charge on any atom is 0 e. The van der Waals surface area contributed by atoms with Crippen LogP contribution in [0, 0.1) is 61.7 Å². The number of aliphatic hydroxyl groups is 8. The third kappa shape index (κ3) is 16100. The Labute approximate surface area is 610 Å². The van der Waals surface area contributed by atoms with Gasteiger partial charge in [-0.05, 0) is 34.6 Å². The van der Waals surface area contributed by atoms with Crippen LogP contribution in [-0.4, -0.2) is 189 Å². The summed E-state index contributed by atoms with van der Waals surface area (Å²) in [4.78, 5) is 128. The zero-order chi connectivity index (χ0) is 54.5. The van der Waals surface area contributed by atoms with E-state index in [4.69, 9.17) is 146 Å². The van der Waals surface area contributed by atoms with Crippen molar-refractivity contribution < 1.29 is 194 Å². The van der Waals surface area contributed by atoms with E-state index in [9.17, 15) is 0 Å². The maximum absolute atomic E-state index is 8.12. The maximum Gasteiger partial charge on any atom is 0 e. The summed E-state index contributed by atoms with van der Waals surface area (Å²) in [6.45, 7) is 36.4. The number of hydrogen-bond acceptors (Lipinski definition) is 24. The summed E-state index contributed by atoms with van der Waals surface area (Å²) in [6.07, 6.45) is 1.75. The molecule has 0 fully saturated rings. The molecule has 0 aliphatic heterocycles. The van der Waals surface area contributed by atoms with Crippen molar-refractivity contribution in [2.45, 2.75) is 257 Å². The van der Waals surface area contributed by atoms with E-state index in [1.165, 1.54) is 0 Å². The van der Waals surface area contributed by atoms with Crippen LogP contribution in [0.1, 0.15) is 266 Å². The largest absolute Gasteiger partial charge is 0 e. The van der Waals surface area contributed by atoms with Gasteiger partial charge in [-0.3, -0.25) is 0 Å². The quantitative estimate of drug-likeness (QED) is 0.0647. The molecule has 0 radical (unpaired) electrons. The van der Waals surface area contributed by atoms with Crippen LogP contribution >= 0.6 is 0 Å². The van der Waals surface area contributed by atoms with Gasteiger partial charge in [0.1, 0.15) is 0 Å². The molecule has 0 bridgehead atoms. The predicted molar refractivity (Wildman–Crippen MR) is 411 cm³/mol. The molecule has 0 rings (SSSR count). The molecule has 0 saturated heterocycles. The van der Waals surface area contributed by atoms with Crippen LogP contribution < -0.4 is 0 Å². The molecule has 26 N–H and O–H groups in total. The first-order valence-electron chi connectivity index (χ1n) is 10.8. The van der Waals surface area contributed by atoms with Gasteiger partial charge < -0.3 is 90.1 Å². The maximum atomic E-state index is 8.12. The van der Waals surface area contributed by atoms with Crippen LogP contribution in [0.4, 0.5) is 0 Å². The first-order chi connectivity index (χ1) is 28.1. The van der Waals surface area contributed by atoms with E-state index in [0.29, 0.717) is 0 Å². The summed E-state index contributed by atoms with van der Waals surface area (Å²) < 4.78 is 45.0. The van der Waals surface area contributed by atoms with Crippen LogP contribution in [0.3, 0.4) is 0 Å². The van der Waals surface area contributed by atoms with Gasteiger partial charge in [0.2, 0.25) is 0 Å². The molecule has 0 aromatic rings. The minimum absolute atomic E-state index is 0. The Bertz CT molecular complexity index is 743. The molecule has 0 heterocycles. The zero-order valence-electron chi connectivity index (χ0n) is 36.7. The Hall–Kier alpha value is -7.42.